The number of methoxy groups -OCH3 is 1. The van der Waals surface area contributed by atoms with Crippen LogP contribution in [-0.4, -0.2) is 19.1 Å². The lowest BCUT2D eigenvalue weighted by Crippen LogP contribution is -2.43. The van der Waals surface area contributed by atoms with Gasteiger partial charge >= 0.3 is 5.97 Å². The number of carbonyl (C=O) groups excluding carboxylic acids is 1. The van der Waals surface area contributed by atoms with Crippen LogP contribution in [0, 0.1) is 5.92 Å². The normalized spacial score (nSPS) is 13.7. The fourth-order valence-corrected chi connectivity index (χ4v) is 2.77. The molecule has 0 spiro atoms. The van der Waals surface area contributed by atoms with Gasteiger partial charge in [0.05, 0.1) is 7.11 Å². The summed E-state index contributed by atoms with van der Waals surface area (Å²) in [7, 11) is 1.43. The van der Waals surface area contributed by atoms with E-state index in [0.29, 0.717) is 0 Å². The van der Waals surface area contributed by atoms with E-state index >= 15 is 0 Å². The zero-order valence-corrected chi connectivity index (χ0v) is 14.1. The summed E-state index contributed by atoms with van der Waals surface area (Å²) in [6.07, 6.45) is 2.63. The summed E-state index contributed by atoms with van der Waals surface area (Å²) >= 11 is 0. The molecule has 2 aromatic rings. The standard InChI is InChI=1S/C20H25NO2/c1-5-8-18(21-19(14(2)3)20(22)23-4)17-12-11-15-9-6-7-10-16(15)13-17/h5-7,9-14,18-19,21H,1,8H2,2-4H3/t18-,19-/m0/s1. The van der Waals surface area contributed by atoms with Crippen LogP contribution in [0.25, 0.3) is 10.8 Å². The highest BCUT2D eigenvalue weighted by Gasteiger charge is 2.26. The molecule has 0 aromatic heterocycles. The Morgan fingerprint density at radius 3 is 2.52 bits per heavy atom. The largest absolute Gasteiger partial charge is 0.468 e. The first-order chi connectivity index (χ1) is 11.1. The van der Waals surface area contributed by atoms with Gasteiger partial charge in [0, 0.05) is 6.04 Å². The molecule has 0 aliphatic rings. The summed E-state index contributed by atoms with van der Waals surface area (Å²) in [4.78, 5) is 12.0. The van der Waals surface area contributed by atoms with Crippen molar-refractivity contribution in [2.75, 3.05) is 7.11 Å². The number of fused-ring (bicyclic) bond motifs is 1. The number of esters is 1. The Bertz CT molecular complexity index is 678. The Morgan fingerprint density at radius 1 is 1.22 bits per heavy atom. The molecule has 0 fully saturated rings. The van der Waals surface area contributed by atoms with Gasteiger partial charge in [-0.15, -0.1) is 6.58 Å². The van der Waals surface area contributed by atoms with Crippen molar-refractivity contribution in [1.29, 1.82) is 0 Å². The average molecular weight is 311 g/mol. The van der Waals surface area contributed by atoms with Crippen LogP contribution in [0.4, 0.5) is 0 Å². The predicted octanol–water partition coefficient (Wildman–Crippen LogP) is 4.24. The molecule has 3 heteroatoms. The number of nitrogens with one attached hydrogen (secondary N) is 1. The van der Waals surface area contributed by atoms with E-state index in [4.69, 9.17) is 4.74 Å². The number of rotatable bonds is 7. The number of carbonyl (C=O) groups is 1. The van der Waals surface area contributed by atoms with Crippen molar-refractivity contribution >= 4 is 16.7 Å². The SMILES string of the molecule is C=CC[C@H](N[C@H](C(=O)OC)C(C)C)c1ccc2ccccc2c1. The highest BCUT2D eigenvalue weighted by molar-refractivity contribution is 5.83. The average Bonchev–Trinajstić information content (AvgIpc) is 2.57. The molecule has 23 heavy (non-hydrogen) atoms. The number of hydrogen-bond donors (Lipinski definition) is 1. The highest BCUT2D eigenvalue weighted by Crippen LogP contribution is 2.24. The van der Waals surface area contributed by atoms with Crippen LogP contribution in [-0.2, 0) is 9.53 Å². The van der Waals surface area contributed by atoms with Crippen LogP contribution in [0.5, 0.6) is 0 Å². The Labute approximate surface area is 138 Å². The maximum atomic E-state index is 12.0. The van der Waals surface area contributed by atoms with Gasteiger partial charge < -0.3 is 4.74 Å². The number of ether oxygens (including phenoxy) is 1. The lowest BCUT2D eigenvalue weighted by atomic mass is 9.96. The van der Waals surface area contributed by atoms with E-state index in [1.807, 2.05) is 32.1 Å². The maximum Gasteiger partial charge on any atom is 0.323 e. The smallest absolute Gasteiger partial charge is 0.323 e. The van der Waals surface area contributed by atoms with Crippen molar-refractivity contribution in [1.82, 2.24) is 5.32 Å². The van der Waals surface area contributed by atoms with E-state index in [-0.39, 0.29) is 24.0 Å². The summed E-state index contributed by atoms with van der Waals surface area (Å²) in [5.41, 5.74) is 1.15. The van der Waals surface area contributed by atoms with Crippen LogP contribution in [0.2, 0.25) is 0 Å². The van der Waals surface area contributed by atoms with E-state index in [1.165, 1.54) is 17.9 Å². The number of hydrogen-bond acceptors (Lipinski definition) is 3. The second-order valence-electron chi connectivity index (χ2n) is 6.10. The van der Waals surface area contributed by atoms with E-state index in [1.54, 1.807) is 0 Å². The molecule has 0 saturated carbocycles. The number of benzene rings is 2. The molecule has 0 radical (unpaired) electrons. The second kappa shape index (κ2) is 7.93. The van der Waals surface area contributed by atoms with E-state index in [9.17, 15) is 4.79 Å². The molecule has 0 saturated heterocycles. The Hall–Kier alpha value is -2.13. The first kappa shape index (κ1) is 17.2. The monoisotopic (exact) mass is 311 g/mol. The highest BCUT2D eigenvalue weighted by atomic mass is 16.5. The summed E-state index contributed by atoms with van der Waals surface area (Å²) in [5.74, 6) is -0.0786. The molecular formula is C20H25NO2. The van der Waals surface area contributed by atoms with Crippen LogP contribution in [0.1, 0.15) is 31.9 Å². The third-order valence-electron chi connectivity index (χ3n) is 4.08. The lowest BCUT2D eigenvalue weighted by molar-refractivity contribution is -0.144. The predicted molar refractivity (Wildman–Crippen MR) is 95.3 cm³/mol. The topological polar surface area (TPSA) is 38.3 Å². The molecule has 0 bridgehead atoms. The second-order valence-corrected chi connectivity index (χ2v) is 6.10. The van der Waals surface area contributed by atoms with Crippen LogP contribution in [0.3, 0.4) is 0 Å². The summed E-state index contributed by atoms with van der Waals surface area (Å²) in [6.45, 7) is 7.88. The van der Waals surface area contributed by atoms with Gasteiger partial charge in [-0.2, -0.15) is 0 Å². The van der Waals surface area contributed by atoms with Crippen molar-refractivity contribution in [2.45, 2.75) is 32.4 Å². The molecule has 2 rings (SSSR count). The van der Waals surface area contributed by atoms with Gasteiger partial charge in [0.2, 0.25) is 0 Å². The summed E-state index contributed by atoms with van der Waals surface area (Å²) < 4.78 is 4.93. The van der Waals surface area contributed by atoms with Crippen molar-refractivity contribution < 1.29 is 9.53 Å². The zero-order valence-electron chi connectivity index (χ0n) is 14.1. The first-order valence-electron chi connectivity index (χ1n) is 8.00. The molecule has 1 N–H and O–H groups in total. The Balaban J connectivity index is 2.31. The molecule has 0 heterocycles. The molecule has 2 aromatic carbocycles. The van der Waals surface area contributed by atoms with E-state index in [0.717, 1.165) is 12.0 Å². The van der Waals surface area contributed by atoms with Gasteiger partial charge in [-0.05, 0) is 34.7 Å². The maximum absolute atomic E-state index is 12.0. The molecule has 0 aliphatic heterocycles. The van der Waals surface area contributed by atoms with Gasteiger partial charge in [-0.25, -0.2) is 0 Å². The van der Waals surface area contributed by atoms with E-state index < -0.39 is 0 Å². The van der Waals surface area contributed by atoms with E-state index in [2.05, 4.69) is 42.2 Å². The Kier molecular flexibility index (Phi) is 5.94. The lowest BCUT2D eigenvalue weighted by Gasteiger charge is -2.26. The molecule has 0 aliphatic carbocycles. The molecule has 0 amide bonds. The fourth-order valence-electron chi connectivity index (χ4n) is 2.77. The third-order valence-corrected chi connectivity index (χ3v) is 4.08. The molecular weight excluding hydrogens is 286 g/mol. The van der Waals surface area contributed by atoms with Crippen LogP contribution >= 0.6 is 0 Å². The third kappa shape index (κ3) is 4.20. The molecule has 3 nitrogen and oxygen atoms in total. The van der Waals surface area contributed by atoms with Crippen molar-refractivity contribution in [2.24, 2.45) is 5.92 Å². The first-order valence-corrected chi connectivity index (χ1v) is 8.00. The minimum absolute atomic E-state index is 0.0311. The molecule has 0 unspecified atom stereocenters. The van der Waals surface area contributed by atoms with Crippen molar-refractivity contribution in [3.8, 4) is 0 Å². The summed E-state index contributed by atoms with van der Waals surface area (Å²) in [5, 5.41) is 5.84. The van der Waals surface area contributed by atoms with Gasteiger partial charge in [-0.3, -0.25) is 10.1 Å². The van der Waals surface area contributed by atoms with Crippen LogP contribution < -0.4 is 5.32 Å². The van der Waals surface area contributed by atoms with Crippen LogP contribution in [0.15, 0.2) is 55.1 Å². The van der Waals surface area contributed by atoms with Gasteiger partial charge in [0.1, 0.15) is 6.04 Å². The van der Waals surface area contributed by atoms with Gasteiger partial charge in [0.25, 0.3) is 0 Å². The van der Waals surface area contributed by atoms with Crippen molar-refractivity contribution in [3.63, 3.8) is 0 Å². The summed E-state index contributed by atoms with van der Waals surface area (Å²) in [6, 6.07) is 14.4. The van der Waals surface area contributed by atoms with Gasteiger partial charge in [0.15, 0.2) is 0 Å². The Morgan fingerprint density at radius 2 is 1.91 bits per heavy atom. The van der Waals surface area contributed by atoms with Gasteiger partial charge in [-0.1, -0.05) is 56.3 Å². The molecule has 122 valence electrons. The molecule has 2 atom stereocenters. The van der Waals surface area contributed by atoms with Crippen molar-refractivity contribution in [3.05, 3.63) is 60.7 Å². The fraction of sp³-hybridized carbons (Fsp3) is 0.350. The minimum atomic E-state index is -0.337. The minimum Gasteiger partial charge on any atom is -0.468 e. The quantitative estimate of drug-likeness (QED) is 0.614. The zero-order chi connectivity index (χ0) is 16.8.